The predicted octanol–water partition coefficient (Wildman–Crippen LogP) is 3.50. The van der Waals surface area contributed by atoms with Crippen molar-refractivity contribution in [3.8, 4) is 0 Å². The second-order valence-corrected chi connectivity index (χ2v) is 4.25. The van der Waals surface area contributed by atoms with Crippen LogP contribution in [-0.2, 0) is 4.79 Å². The number of hydrogen-bond donors (Lipinski definition) is 1. The van der Waals surface area contributed by atoms with Crippen LogP contribution in [0.2, 0.25) is 0 Å². The van der Waals surface area contributed by atoms with E-state index in [1.54, 1.807) is 6.92 Å². The number of rotatable bonds is 4. The molecule has 2 heteroatoms. The zero-order chi connectivity index (χ0) is 12.3. The maximum Gasteiger partial charge on any atom is 0.306 e. The van der Waals surface area contributed by atoms with Gasteiger partial charge in [0.05, 0.1) is 5.92 Å². The fraction of sp³-hybridized carbons (Fsp3) is 0.200. The minimum absolute atomic E-state index is 0.339. The van der Waals surface area contributed by atoms with Crippen molar-refractivity contribution in [2.45, 2.75) is 13.3 Å². The molecule has 0 aliphatic heterocycles. The van der Waals surface area contributed by atoms with Crippen molar-refractivity contribution in [3.05, 3.63) is 54.4 Å². The molecule has 1 N–H and O–H groups in total. The van der Waals surface area contributed by atoms with Crippen molar-refractivity contribution >= 4 is 16.7 Å². The Hall–Kier alpha value is -1.83. The standard InChI is InChI=1S/C15H15O2/c1-11(15(16)17)9-10-13-7-4-6-12-5-2-3-8-14(12)13/h2-8,10-11H,9H2,1H3,(H,16,17). The molecular formula is C15H15O2. The molecule has 0 fully saturated rings. The molecule has 17 heavy (non-hydrogen) atoms. The molecule has 1 radical (unpaired) electrons. The van der Waals surface area contributed by atoms with E-state index in [1.807, 2.05) is 30.7 Å². The molecule has 0 saturated heterocycles. The smallest absolute Gasteiger partial charge is 0.306 e. The SMILES string of the molecule is CC(C[CH]c1cccc2ccccc12)C(=O)O. The first-order valence-corrected chi connectivity index (χ1v) is 5.72. The number of benzene rings is 2. The molecule has 1 atom stereocenters. The number of hydrogen-bond acceptors (Lipinski definition) is 1. The molecule has 87 valence electrons. The zero-order valence-corrected chi connectivity index (χ0v) is 9.76. The van der Waals surface area contributed by atoms with Gasteiger partial charge in [-0.3, -0.25) is 4.79 Å². The van der Waals surface area contributed by atoms with Crippen LogP contribution >= 0.6 is 0 Å². The minimum atomic E-state index is -0.749. The van der Waals surface area contributed by atoms with Crippen LogP contribution < -0.4 is 0 Å². The first-order valence-electron chi connectivity index (χ1n) is 5.72. The van der Waals surface area contributed by atoms with Gasteiger partial charge in [-0.1, -0.05) is 49.4 Å². The minimum Gasteiger partial charge on any atom is -0.481 e. The molecule has 0 aromatic heterocycles. The van der Waals surface area contributed by atoms with Crippen LogP contribution in [0.5, 0.6) is 0 Å². The number of aliphatic carboxylic acids is 1. The van der Waals surface area contributed by atoms with E-state index >= 15 is 0 Å². The maximum absolute atomic E-state index is 10.8. The van der Waals surface area contributed by atoms with E-state index in [9.17, 15) is 4.79 Å². The van der Waals surface area contributed by atoms with E-state index in [1.165, 1.54) is 10.8 Å². The predicted molar refractivity (Wildman–Crippen MR) is 68.8 cm³/mol. The van der Waals surface area contributed by atoms with Gasteiger partial charge in [-0.15, -0.1) is 0 Å². The average Bonchev–Trinajstić information content (AvgIpc) is 2.35. The van der Waals surface area contributed by atoms with Crippen molar-refractivity contribution in [1.82, 2.24) is 0 Å². The van der Waals surface area contributed by atoms with Crippen molar-refractivity contribution < 1.29 is 9.90 Å². The third-order valence-electron chi connectivity index (χ3n) is 2.94. The van der Waals surface area contributed by atoms with Gasteiger partial charge in [0.25, 0.3) is 0 Å². The van der Waals surface area contributed by atoms with Gasteiger partial charge >= 0.3 is 5.97 Å². The van der Waals surface area contributed by atoms with Crippen molar-refractivity contribution in [3.63, 3.8) is 0 Å². The van der Waals surface area contributed by atoms with Gasteiger partial charge in [-0.2, -0.15) is 0 Å². The summed E-state index contributed by atoms with van der Waals surface area (Å²) in [5.41, 5.74) is 1.11. The fourth-order valence-corrected chi connectivity index (χ4v) is 1.83. The Morgan fingerprint density at radius 1 is 1.24 bits per heavy atom. The summed E-state index contributed by atoms with van der Waals surface area (Å²) in [5.74, 6) is -1.09. The number of carboxylic acids is 1. The van der Waals surface area contributed by atoms with Crippen molar-refractivity contribution in [1.29, 1.82) is 0 Å². The summed E-state index contributed by atoms with van der Waals surface area (Å²) >= 11 is 0. The van der Waals surface area contributed by atoms with Crippen LogP contribution in [0.25, 0.3) is 10.8 Å². The Kier molecular flexibility index (Phi) is 3.43. The van der Waals surface area contributed by atoms with Crippen LogP contribution in [0.3, 0.4) is 0 Å². The average molecular weight is 227 g/mol. The molecule has 2 aromatic carbocycles. The monoisotopic (exact) mass is 227 g/mol. The largest absolute Gasteiger partial charge is 0.481 e. The van der Waals surface area contributed by atoms with Gasteiger partial charge in [-0.05, 0) is 29.2 Å². The summed E-state index contributed by atoms with van der Waals surface area (Å²) < 4.78 is 0. The Balaban J connectivity index is 2.21. The van der Waals surface area contributed by atoms with Gasteiger partial charge in [-0.25, -0.2) is 0 Å². The Morgan fingerprint density at radius 3 is 2.71 bits per heavy atom. The third-order valence-corrected chi connectivity index (χ3v) is 2.94. The molecule has 2 nitrogen and oxygen atoms in total. The third kappa shape index (κ3) is 2.64. The Bertz CT molecular complexity index is 526. The molecular weight excluding hydrogens is 212 g/mol. The summed E-state index contributed by atoms with van der Waals surface area (Å²) in [4.78, 5) is 10.8. The zero-order valence-electron chi connectivity index (χ0n) is 9.76. The quantitative estimate of drug-likeness (QED) is 0.867. The van der Waals surface area contributed by atoms with Crippen molar-refractivity contribution in [2.24, 2.45) is 5.92 Å². The molecule has 0 heterocycles. The lowest BCUT2D eigenvalue weighted by Gasteiger charge is -2.08. The molecule has 0 saturated carbocycles. The highest BCUT2D eigenvalue weighted by Crippen LogP contribution is 2.22. The summed E-state index contributed by atoms with van der Waals surface area (Å²) in [6, 6.07) is 14.2. The lowest BCUT2D eigenvalue weighted by Crippen LogP contribution is -2.09. The number of carboxylic acid groups (broad SMARTS) is 1. The van der Waals surface area contributed by atoms with Gasteiger partial charge in [0.2, 0.25) is 0 Å². The summed E-state index contributed by atoms with van der Waals surface area (Å²) in [7, 11) is 0. The van der Waals surface area contributed by atoms with Gasteiger partial charge < -0.3 is 5.11 Å². The number of fused-ring (bicyclic) bond motifs is 1. The Labute approximate surface area is 101 Å². The van der Waals surface area contributed by atoms with Crippen LogP contribution in [-0.4, -0.2) is 11.1 Å². The normalized spacial score (nSPS) is 12.5. The Morgan fingerprint density at radius 2 is 1.94 bits per heavy atom. The highest BCUT2D eigenvalue weighted by molar-refractivity contribution is 5.86. The molecule has 2 rings (SSSR count). The first-order chi connectivity index (χ1) is 8.18. The lowest BCUT2D eigenvalue weighted by atomic mass is 9.97. The molecule has 2 aromatic rings. The van der Waals surface area contributed by atoms with E-state index < -0.39 is 5.97 Å². The second-order valence-electron chi connectivity index (χ2n) is 4.25. The van der Waals surface area contributed by atoms with E-state index in [0.717, 1.165) is 5.56 Å². The van der Waals surface area contributed by atoms with Gasteiger partial charge in [0.1, 0.15) is 0 Å². The van der Waals surface area contributed by atoms with E-state index in [0.29, 0.717) is 6.42 Å². The lowest BCUT2D eigenvalue weighted by molar-refractivity contribution is -0.141. The highest BCUT2D eigenvalue weighted by atomic mass is 16.4. The molecule has 0 aliphatic rings. The topological polar surface area (TPSA) is 37.3 Å². The van der Waals surface area contributed by atoms with Crippen LogP contribution in [0.15, 0.2) is 42.5 Å². The summed E-state index contributed by atoms with van der Waals surface area (Å²) in [6.07, 6.45) is 2.56. The van der Waals surface area contributed by atoms with E-state index in [4.69, 9.17) is 5.11 Å². The van der Waals surface area contributed by atoms with E-state index in [-0.39, 0.29) is 5.92 Å². The van der Waals surface area contributed by atoms with Crippen LogP contribution in [0.4, 0.5) is 0 Å². The van der Waals surface area contributed by atoms with Crippen molar-refractivity contribution in [2.75, 3.05) is 0 Å². The van der Waals surface area contributed by atoms with Gasteiger partial charge in [0, 0.05) is 0 Å². The first kappa shape index (κ1) is 11.6. The molecule has 0 bridgehead atoms. The molecule has 0 spiro atoms. The number of carbonyl (C=O) groups is 1. The maximum atomic E-state index is 10.8. The van der Waals surface area contributed by atoms with Gasteiger partial charge in [0.15, 0.2) is 0 Å². The van der Waals surface area contributed by atoms with Crippen LogP contribution in [0.1, 0.15) is 18.9 Å². The van der Waals surface area contributed by atoms with Crippen LogP contribution in [0, 0.1) is 12.3 Å². The van der Waals surface area contributed by atoms with E-state index in [2.05, 4.69) is 18.2 Å². The fourth-order valence-electron chi connectivity index (χ4n) is 1.83. The highest BCUT2D eigenvalue weighted by Gasteiger charge is 2.11. The summed E-state index contributed by atoms with van der Waals surface area (Å²) in [6.45, 7) is 1.73. The molecule has 0 aliphatic carbocycles. The molecule has 1 unspecified atom stereocenters. The summed E-state index contributed by atoms with van der Waals surface area (Å²) in [5, 5.41) is 11.2. The molecule has 0 amide bonds. The second kappa shape index (κ2) is 5.00.